The Balaban J connectivity index is 1.68. The van der Waals surface area contributed by atoms with E-state index >= 15 is 0 Å². The van der Waals surface area contributed by atoms with Gasteiger partial charge < -0.3 is 29.3 Å². The molecule has 7 heteroatoms. The highest BCUT2D eigenvalue weighted by Crippen LogP contribution is 2.26. The van der Waals surface area contributed by atoms with Crippen molar-refractivity contribution < 1.29 is 19.0 Å². The Morgan fingerprint density at radius 2 is 1.62 bits per heavy atom. The summed E-state index contributed by atoms with van der Waals surface area (Å²) < 4.78 is 16.6. The van der Waals surface area contributed by atoms with Crippen LogP contribution in [0.15, 0.2) is 42.5 Å². The van der Waals surface area contributed by atoms with Gasteiger partial charge in [-0.1, -0.05) is 26.0 Å². The summed E-state index contributed by atoms with van der Waals surface area (Å²) in [5.41, 5.74) is 2.02. The lowest BCUT2D eigenvalue weighted by atomic mass is 10.0. The van der Waals surface area contributed by atoms with Crippen molar-refractivity contribution in [2.45, 2.75) is 45.8 Å². The van der Waals surface area contributed by atoms with Crippen molar-refractivity contribution in [3.63, 3.8) is 0 Å². The highest BCUT2D eigenvalue weighted by molar-refractivity contribution is 5.74. The van der Waals surface area contributed by atoms with Crippen LogP contribution in [0.5, 0.6) is 17.2 Å². The van der Waals surface area contributed by atoms with Crippen LogP contribution < -0.4 is 19.5 Å². The Morgan fingerprint density at radius 1 is 1.00 bits per heavy atom. The first-order valence-electron chi connectivity index (χ1n) is 12.0. The number of likely N-dealkylation sites (tertiary alicyclic amines) is 1. The van der Waals surface area contributed by atoms with Crippen molar-refractivity contribution in [1.82, 2.24) is 15.1 Å². The van der Waals surface area contributed by atoms with Gasteiger partial charge >= 0.3 is 6.03 Å². The van der Waals surface area contributed by atoms with E-state index in [1.54, 1.807) is 14.2 Å². The van der Waals surface area contributed by atoms with Crippen molar-refractivity contribution >= 4 is 6.03 Å². The number of hydrogen-bond acceptors (Lipinski definition) is 5. The van der Waals surface area contributed by atoms with Crippen LogP contribution >= 0.6 is 0 Å². The van der Waals surface area contributed by atoms with E-state index in [-0.39, 0.29) is 12.1 Å². The fourth-order valence-corrected chi connectivity index (χ4v) is 4.07. The average molecular weight is 470 g/mol. The van der Waals surface area contributed by atoms with Crippen molar-refractivity contribution in [3.8, 4) is 17.2 Å². The van der Waals surface area contributed by atoms with E-state index in [1.807, 2.05) is 47.4 Å². The summed E-state index contributed by atoms with van der Waals surface area (Å²) in [6.45, 7) is 7.87. The molecular formula is C27H39N3O4. The summed E-state index contributed by atoms with van der Waals surface area (Å²) in [7, 11) is 5.40. The maximum absolute atomic E-state index is 13.4. The molecule has 2 aromatic carbocycles. The van der Waals surface area contributed by atoms with Gasteiger partial charge in [0.2, 0.25) is 0 Å². The van der Waals surface area contributed by atoms with Gasteiger partial charge in [0.25, 0.3) is 0 Å². The number of nitrogens with zero attached hydrogens (tertiary/aromatic N) is 2. The van der Waals surface area contributed by atoms with Crippen molar-refractivity contribution in [2.24, 2.45) is 5.92 Å². The molecule has 0 spiro atoms. The molecule has 0 unspecified atom stereocenters. The topological polar surface area (TPSA) is 63.3 Å². The Morgan fingerprint density at radius 3 is 2.18 bits per heavy atom. The van der Waals surface area contributed by atoms with E-state index in [1.165, 1.54) is 0 Å². The first kappa shape index (κ1) is 25.7. The molecule has 0 radical (unpaired) electrons. The molecule has 34 heavy (non-hydrogen) atoms. The lowest BCUT2D eigenvalue weighted by Gasteiger charge is -2.37. The molecule has 1 saturated heterocycles. The largest absolute Gasteiger partial charge is 0.497 e. The number of benzene rings is 2. The minimum Gasteiger partial charge on any atom is -0.497 e. The molecule has 3 rings (SSSR count). The highest BCUT2D eigenvalue weighted by atomic mass is 16.5. The van der Waals surface area contributed by atoms with Crippen LogP contribution in [0.4, 0.5) is 4.79 Å². The fraction of sp³-hybridized carbons (Fsp3) is 0.519. The van der Waals surface area contributed by atoms with Crippen LogP contribution in [0.3, 0.4) is 0 Å². The average Bonchev–Trinajstić information content (AvgIpc) is 2.85. The van der Waals surface area contributed by atoms with Gasteiger partial charge in [0, 0.05) is 25.2 Å². The highest BCUT2D eigenvalue weighted by Gasteiger charge is 2.27. The molecule has 7 nitrogen and oxygen atoms in total. The molecule has 0 atom stereocenters. The lowest BCUT2D eigenvalue weighted by Crippen LogP contribution is -2.49. The number of urea groups is 1. The van der Waals surface area contributed by atoms with Gasteiger partial charge in [-0.2, -0.15) is 0 Å². The van der Waals surface area contributed by atoms with Gasteiger partial charge in [-0.05, 0) is 74.3 Å². The summed E-state index contributed by atoms with van der Waals surface area (Å²) in [4.78, 5) is 17.6. The molecule has 0 bridgehead atoms. The van der Waals surface area contributed by atoms with Crippen LogP contribution in [0, 0.1) is 5.92 Å². The van der Waals surface area contributed by atoms with E-state index in [2.05, 4.69) is 31.1 Å². The third kappa shape index (κ3) is 7.55. The van der Waals surface area contributed by atoms with Crippen LogP contribution in [0.25, 0.3) is 0 Å². The molecule has 0 saturated carbocycles. The van der Waals surface area contributed by atoms with E-state index in [9.17, 15) is 4.79 Å². The number of piperidine rings is 1. The second kappa shape index (κ2) is 12.5. The SMILES string of the molecule is COc1cc(CN(C(=O)NCc2ccc(OCC(C)C)cc2)C2CCN(C)CC2)cc(OC)c1. The van der Waals surface area contributed by atoms with Gasteiger partial charge in [-0.15, -0.1) is 0 Å². The summed E-state index contributed by atoms with van der Waals surface area (Å²) in [6, 6.07) is 13.8. The number of methoxy groups -OCH3 is 2. The normalized spacial score (nSPS) is 14.6. The predicted molar refractivity (Wildman–Crippen MR) is 135 cm³/mol. The van der Waals surface area contributed by atoms with E-state index < -0.39 is 0 Å². The first-order valence-corrected chi connectivity index (χ1v) is 12.0. The van der Waals surface area contributed by atoms with Gasteiger partial charge in [0.15, 0.2) is 0 Å². The van der Waals surface area contributed by atoms with Crippen molar-refractivity contribution in [2.75, 3.05) is 41.0 Å². The molecular weight excluding hydrogens is 430 g/mol. The van der Waals surface area contributed by atoms with E-state index in [4.69, 9.17) is 14.2 Å². The van der Waals surface area contributed by atoms with Crippen LogP contribution in [0.1, 0.15) is 37.8 Å². The number of amides is 2. The molecule has 2 amide bonds. The Hall–Kier alpha value is -2.93. The Kier molecular flexibility index (Phi) is 9.45. The third-order valence-electron chi connectivity index (χ3n) is 6.10. The van der Waals surface area contributed by atoms with Gasteiger partial charge in [-0.25, -0.2) is 4.79 Å². The number of hydrogen-bond donors (Lipinski definition) is 1. The molecule has 0 aliphatic carbocycles. The molecule has 1 heterocycles. The molecule has 1 fully saturated rings. The number of carbonyl (C=O) groups excluding carboxylic acids is 1. The zero-order valence-electron chi connectivity index (χ0n) is 21.2. The minimum absolute atomic E-state index is 0.0588. The maximum Gasteiger partial charge on any atom is 0.318 e. The minimum atomic E-state index is -0.0588. The Bertz CT molecular complexity index is 886. The third-order valence-corrected chi connectivity index (χ3v) is 6.10. The molecule has 2 aromatic rings. The summed E-state index contributed by atoms with van der Waals surface area (Å²) in [5, 5.41) is 3.12. The summed E-state index contributed by atoms with van der Waals surface area (Å²) in [5.74, 6) is 2.77. The van der Waals surface area contributed by atoms with E-state index in [0.717, 1.165) is 54.3 Å². The van der Waals surface area contributed by atoms with Gasteiger partial charge in [0.05, 0.1) is 20.8 Å². The van der Waals surface area contributed by atoms with Crippen molar-refractivity contribution in [3.05, 3.63) is 53.6 Å². The molecule has 186 valence electrons. The van der Waals surface area contributed by atoms with Gasteiger partial charge in [-0.3, -0.25) is 0 Å². The van der Waals surface area contributed by atoms with E-state index in [0.29, 0.717) is 25.6 Å². The molecule has 1 aliphatic rings. The summed E-state index contributed by atoms with van der Waals surface area (Å²) in [6.07, 6.45) is 1.90. The standard InChI is InChI=1S/C27H39N3O4/c1-20(2)19-34-24-8-6-21(7-9-24)17-28-27(31)30(23-10-12-29(3)13-11-23)18-22-14-25(32-4)16-26(15-22)33-5/h6-9,14-16,20,23H,10-13,17-19H2,1-5H3,(H,28,31). The predicted octanol–water partition coefficient (Wildman–Crippen LogP) is 4.54. The van der Waals surface area contributed by atoms with Gasteiger partial charge in [0.1, 0.15) is 17.2 Å². The van der Waals surface area contributed by atoms with Crippen LogP contribution in [-0.2, 0) is 13.1 Å². The lowest BCUT2D eigenvalue weighted by molar-refractivity contribution is 0.127. The molecule has 1 N–H and O–H groups in total. The fourth-order valence-electron chi connectivity index (χ4n) is 4.07. The van der Waals surface area contributed by atoms with Crippen molar-refractivity contribution in [1.29, 1.82) is 0 Å². The first-order chi connectivity index (χ1) is 16.4. The Labute approximate surface area is 204 Å². The quantitative estimate of drug-likeness (QED) is 0.553. The second-order valence-corrected chi connectivity index (χ2v) is 9.39. The van der Waals surface area contributed by atoms with Crippen LogP contribution in [-0.4, -0.2) is 62.8 Å². The number of ether oxygens (including phenoxy) is 3. The number of rotatable bonds is 10. The molecule has 1 aliphatic heterocycles. The maximum atomic E-state index is 13.4. The second-order valence-electron chi connectivity index (χ2n) is 9.39. The van der Waals surface area contributed by atoms with Crippen LogP contribution in [0.2, 0.25) is 0 Å². The zero-order chi connectivity index (χ0) is 24.5. The number of carbonyl (C=O) groups is 1. The summed E-state index contributed by atoms with van der Waals surface area (Å²) >= 11 is 0. The smallest absolute Gasteiger partial charge is 0.318 e. The molecule has 0 aromatic heterocycles. The monoisotopic (exact) mass is 469 g/mol. The zero-order valence-corrected chi connectivity index (χ0v) is 21.2. The number of nitrogens with one attached hydrogen (secondary N) is 1.